The maximum atomic E-state index is 10.4. The number of piperazine rings is 1. The van der Waals surface area contributed by atoms with Crippen molar-refractivity contribution in [2.75, 3.05) is 32.7 Å². The van der Waals surface area contributed by atoms with Crippen LogP contribution in [0, 0.1) is 0 Å². The number of likely N-dealkylation sites (N-methyl/N-ethyl adjacent to an activating group) is 1. The Hall–Kier alpha value is -1.01. The average Bonchev–Trinajstić information content (AvgIpc) is 2.47. The summed E-state index contributed by atoms with van der Waals surface area (Å²) in [4.78, 5) is 5.20. The van der Waals surface area contributed by atoms with Crippen molar-refractivity contribution in [3.05, 3.63) is 35.4 Å². The third kappa shape index (κ3) is 4.23. The minimum atomic E-state index is -0.467. The number of hydrogen-bond donors (Lipinski definition) is 2. The van der Waals surface area contributed by atoms with Gasteiger partial charge in [-0.25, -0.2) is 0 Å². The highest BCUT2D eigenvalue weighted by Crippen LogP contribution is 2.17. The SMILES string of the molecule is CCN1CCN(CC(O)c2ccc(C(N)=S)cc2)CC1C. The highest BCUT2D eigenvalue weighted by Gasteiger charge is 2.24. The fourth-order valence-electron chi connectivity index (χ4n) is 2.93. The summed E-state index contributed by atoms with van der Waals surface area (Å²) in [6.07, 6.45) is -0.467. The van der Waals surface area contributed by atoms with Crippen molar-refractivity contribution < 1.29 is 5.11 Å². The Balaban J connectivity index is 1.92. The lowest BCUT2D eigenvalue weighted by molar-refractivity contribution is 0.0478. The van der Waals surface area contributed by atoms with Crippen LogP contribution in [0.4, 0.5) is 0 Å². The van der Waals surface area contributed by atoms with Crippen LogP contribution in [0.15, 0.2) is 24.3 Å². The lowest BCUT2D eigenvalue weighted by atomic mass is 10.1. The molecule has 116 valence electrons. The van der Waals surface area contributed by atoms with Crippen molar-refractivity contribution in [3.63, 3.8) is 0 Å². The van der Waals surface area contributed by atoms with Crippen molar-refractivity contribution in [2.24, 2.45) is 5.73 Å². The molecule has 0 aromatic heterocycles. The molecule has 1 fully saturated rings. The van der Waals surface area contributed by atoms with E-state index in [-0.39, 0.29) is 0 Å². The molecule has 3 N–H and O–H groups in total. The van der Waals surface area contributed by atoms with Crippen LogP contribution < -0.4 is 5.73 Å². The van der Waals surface area contributed by atoms with E-state index in [1.807, 2.05) is 24.3 Å². The van der Waals surface area contributed by atoms with Crippen molar-refractivity contribution in [3.8, 4) is 0 Å². The van der Waals surface area contributed by atoms with Gasteiger partial charge in [0.2, 0.25) is 0 Å². The second-order valence-corrected chi connectivity index (χ2v) is 6.18. The Morgan fingerprint density at radius 3 is 2.57 bits per heavy atom. The van der Waals surface area contributed by atoms with Gasteiger partial charge in [0, 0.05) is 37.8 Å². The van der Waals surface area contributed by atoms with E-state index in [2.05, 4.69) is 23.6 Å². The van der Waals surface area contributed by atoms with Crippen molar-refractivity contribution in [2.45, 2.75) is 26.0 Å². The number of nitrogens with zero attached hydrogens (tertiary/aromatic N) is 2. The van der Waals surface area contributed by atoms with Crippen molar-refractivity contribution in [1.29, 1.82) is 0 Å². The number of aliphatic hydroxyl groups excluding tert-OH is 1. The first-order valence-electron chi connectivity index (χ1n) is 7.55. The lowest BCUT2D eigenvalue weighted by Gasteiger charge is -2.40. The molecule has 1 aromatic rings. The van der Waals surface area contributed by atoms with Crippen molar-refractivity contribution in [1.82, 2.24) is 9.80 Å². The van der Waals surface area contributed by atoms with Gasteiger partial charge >= 0.3 is 0 Å². The molecule has 2 rings (SSSR count). The molecule has 0 amide bonds. The minimum absolute atomic E-state index is 0.389. The highest BCUT2D eigenvalue weighted by molar-refractivity contribution is 7.80. The molecular formula is C16H25N3OS. The summed E-state index contributed by atoms with van der Waals surface area (Å²) in [5, 5.41) is 10.4. The topological polar surface area (TPSA) is 52.7 Å². The summed E-state index contributed by atoms with van der Waals surface area (Å²) in [7, 11) is 0. The monoisotopic (exact) mass is 307 g/mol. The quantitative estimate of drug-likeness (QED) is 0.805. The molecule has 1 aromatic carbocycles. The molecule has 5 heteroatoms. The fourth-order valence-corrected chi connectivity index (χ4v) is 3.06. The molecule has 2 atom stereocenters. The fraction of sp³-hybridized carbons (Fsp3) is 0.562. The summed E-state index contributed by atoms with van der Waals surface area (Å²) < 4.78 is 0. The van der Waals surface area contributed by atoms with E-state index in [4.69, 9.17) is 18.0 Å². The van der Waals surface area contributed by atoms with E-state index >= 15 is 0 Å². The summed E-state index contributed by atoms with van der Waals surface area (Å²) in [6.45, 7) is 9.32. The van der Waals surface area contributed by atoms with Gasteiger partial charge in [-0.2, -0.15) is 0 Å². The predicted octanol–water partition coefficient (Wildman–Crippen LogP) is 1.38. The average molecular weight is 307 g/mol. The zero-order valence-corrected chi connectivity index (χ0v) is 13.6. The van der Waals surface area contributed by atoms with E-state index in [9.17, 15) is 5.11 Å². The third-order valence-electron chi connectivity index (χ3n) is 4.27. The first kappa shape index (κ1) is 16.4. The number of thiocarbonyl (C=S) groups is 1. The molecule has 0 radical (unpaired) electrons. The second kappa shape index (κ2) is 7.31. The predicted molar refractivity (Wildman–Crippen MR) is 90.4 cm³/mol. The summed E-state index contributed by atoms with van der Waals surface area (Å²) in [5.74, 6) is 0. The highest BCUT2D eigenvalue weighted by atomic mass is 32.1. The van der Waals surface area contributed by atoms with Crippen LogP contribution in [-0.2, 0) is 0 Å². The summed E-state index contributed by atoms with van der Waals surface area (Å²) in [6, 6.07) is 8.11. The Bertz CT molecular complexity index is 477. The number of nitrogens with two attached hydrogens (primary N) is 1. The zero-order valence-electron chi connectivity index (χ0n) is 12.8. The van der Waals surface area contributed by atoms with Crippen LogP contribution in [0.1, 0.15) is 31.1 Å². The van der Waals surface area contributed by atoms with Crippen LogP contribution in [0.3, 0.4) is 0 Å². The number of benzene rings is 1. The zero-order chi connectivity index (χ0) is 15.4. The van der Waals surface area contributed by atoms with Gasteiger partial charge in [-0.15, -0.1) is 0 Å². The van der Waals surface area contributed by atoms with E-state index in [1.54, 1.807) is 0 Å². The molecule has 2 unspecified atom stereocenters. The molecule has 1 aliphatic rings. The first-order chi connectivity index (χ1) is 10.0. The molecule has 0 bridgehead atoms. The molecule has 21 heavy (non-hydrogen) atoms. The third-order valence-corrected chi connectivity index (χ3v) is 4.50. The van der Waals surface area contributed by atoms with Gasteiger partial charge in [-0.05, 0) is 19.0 Å². The Morgan fingerprint density at radius 2 is 2.05 bits per heavy atom. The molecule has 0 spiro atoms. The molecule has 4 nitrogen and oxygen atoms in total. The number of hydrogen-bond acceptors (Lipinski definition) is 4. The maximum absolute atomic E-state index is 10.4. The molecule has 1 aliphatic heterocycles. The smallest absolute Gasteiger partial charge is 0.103 e. The lowest BCUT2D eigenvalue weighted by Crippen LogP contribution is -2.52. The van der Waals surface area contributed by atoms with Gasteiger partial charge in [0.15, 0.2) is 0 Å². The molecule has 0 aliphatic carbocycles. The molecule has 0 saturated carbocycles. The number of rotatable bonds is 5. The van der Waals surface area contributed by atoms with Crippen LogP contribution in [0.2, 0.25) is 0 Å². The van der Waals surface area contributed by atoms with Gasteiger partial charge in [0.05, 0.1) is 6.10 Å². The number of β-amino-alcohol motifs (C(OH)–C–C–N with tert-alkyl or cyclic N) is 1. The molecule has 1 saturated heterocycles. The summed E-state index contributed by atoms with van der Waals surface area (Å²) in [5.41, 5.74) is 7.34. The second-order valence-electron chi connectivity index (χ2n) is 5.74. The Kier molecular flexibility index (Phi) is 5.70. The van der Waals surface area contributed by atoms with Crippen molar-refractivity contribution >= 4 is 17.2 Å². The van der Waals surface area contributed by atoms with Gasteiger partial charge < -0.3 is 10.8 Å². The van der Waals surface area contributed by atoms with Crippen LogP contribution in [0.25, 0.3) is 0 Å². The van der Waals surface area contributed by atoms with Gasteiger partial charge in [0.25, 0.3) is 0 Å². The molecule has 1 heterocycles. The summed E-state index contributed by atoms with van der Waals surface area (Å²) >= 11 is 4.94. The molecular weight excluding hydrogens is 282 g/mol. The van der Waals surface area contributed by atoms with Gasteiger partial charge in [-0.3, -0.25) is 9.80 Å². The van der Waals surface area contributed by atoms with E-state index in [0.29, 0.717) is 17.6 Å². The van der Waals surface area contributed by atoms with E-state index < -0.39 is 6.10 Å². The van der Waals surface area contributed by atoms with Gasteiger partial charge in [0.1, 0.15) is 4.99 Å². The Labute approximate surface area is 132 Å². The Morgan fingerprint density at radius 1 is 1.38 bits per heavy atom. The normalized spacial score (nSPS) is 22.1. The number of aliphatic hydroxyl groups is 1. The van der Waals surface area contributed by atoms with Crippen LogP contribution >= 0.6 is 12.2 Å². The first-order valence-corrected chi connectivity index (χ1v) is 7.96. The maximum Gasteiger partial charge on any atom is 0.103 e. The van der Waals surface area contributed by atoms with Crippen LogP contribution in [0.5, 0.6) is 0 Å². The minimum Gasteiger partial charge on any atom is -0.389 e. The largest absolute Gasteiger partial charge is 0.389 e. The van der Waals surface area contributed by atoms with Gasteiger partial charge in [-0.1, -0.05) is 43.4 Å². The van der Waals surface area contributed by atoms with Crippen LogP contribution in [-0.4, -0.2) is 58.7 Å². The van der Waals surface area contributed by atoms with E-state index in [1.165, 1.54) is 0 Å². The van der Waals surface area contributed by atoms with E-state index in [0.717, 1.165) is 37.3 Å². The standard InChI is InChI=1S/C16H25N3OS/c1-3-19-9-8-18(10-12(19)2)11-15(20)13-4-6-14(7-5-13)16(17)21/h4-7,12,15,20H,3,8-11H2,1-2H3,(H2,17,21).